The van der Waals surface area contributed by atoms with Gasteiger partial charge in [-0.25, -0.2) is 4.79 Å². The predicted octanol–water partition coefficient (Wildman–Crippen LogP) is 1.15. The van der Waals surface area contributed by atoms with Crippen molar-refractivity contribution in [3.63, 3.8) is 0 Å². The van der Waals surface area contributed by atoms with Gasteiger partial charge in [0.25, 0.3) is 0 Å². The third-order valence-corrected chi connectivity index (χ3v) is 2.09. The van der Waals surface area contributed by atoms with Crippen LogP contribution in [0.15, 0.2) is 12.1 Å². The molecule has 0 saturated carbocycles. The standard InChI is InChI=1S/C11H11NO3/c1-7-3-8(6-13)4-9(5-12)10(7)11(14)15-2/h3-4,13H,6H2,1-2H3. The van der Waals surface area contributed by atoms with Gasteiger partial charge >= 0.3 is 5.97 Å². The van der Waals surface area contributed by atoms with E-state index in [1.54, 1.807) is 13.0 Å². The summed E-state index contributed by atoms with van der Waals surface area (Å²) in [6, 6.07) is 5.06. The summed E-state index contributed by atoms with van der Waals surface area (Å²) in [5.41, 5.74) is 1.73. The van der Waals surface area contributed by atoms with Crippen LogP contribution in [-0.4, -0.2) is 18.2 Å². The van der Waals surface area contributed by atoms with Gasteiger partial charge in [-0.1, -0.05) is 6.07 Å². The Morgan fingerprint density at radius 1 is 1.60 bits per heavy atom. The number of rotatable bonds is 2. The van der Waals surface area contributed by atoms with Crippen molar-refractivity contribution in [2.45, 2.75) is 13.5 Å². The van der Waals surface area contributed by atoms with Crippen LogP contribution in [0.2, 0.25) is 0 Å². The second kappa shape index (κ2) is 4.58. The molecule has 0 bridgehead atoms. The zero-order valence-electron chi connectivity index (χ0n) is 8.57. The van der Waals surface area contributed by atoms with Crippen LogP contribution < -0.4 is 0 Å². The molecule has 0 amide bonds. The van der Waals surface area contributed by atoms with Gasteiger partial charge in [0, 0.05) is 0 Å². The lowest BCUT2D eigenvalue weighted by Crippen LogP contribution is -2.07. The zero-order chi connectivity index (χ0) is 11.4. The van der Waals surface area contributed by atoms with Crippen LogP contribution in [0.1, 0.15) is 27.0 Å². The second-order valence-corrected chi connectivity index (χ2v) is 3.10. The first-order valence-corrected chi connectivity index (χ1v) is 4.36. The Labute approximate surface area is 87.7 Å². The first kappa shape index (κ1) is 11.2. The summed E-state index contributed by atoms with van der Waals surface area (Å²) in [5.74, 6) is -0.534. The fourth-order valence-electron chi connectivity index (χ4n) is 1.41. The molecule has 78 valence electrons. The summed E-state index contributed by atoms with van der Waals surface area (Å²) < 4.78 is 4.58. The number of esters is 1. The molecule has 0 unspecified atom stereocenters. The number of benzene rings is 1. The van der Waals surface area contributed by atoms with Crippen molar-refractivity contribution < 1.29 is 14.6 Å². The summed E-state index contributed by atoms with van der Waals surface area (Å²) in [4.78, 5) is 11.4. The maximum atomic E-state index is 11.4. The molecule has 0 saturated heterocycles. The van der Waals surface area contributed by atoms with E-state index in [-0.39, 0.29) is 17.7 Å². The number of aryl methyl sites for hydroxylation is 1. The minimum atomic E-state index is -0.534. The van der Waals surface area contributed by atoms with Crippen molar-refractivity contribution >= 4 is 5.97 Å². The molecule has 0 aliphatic rings. The van der Waals surface area contributed by atoms with E-state index >= 15 is 0 Å². The van der Waals surface area contributed by atoms with Gasteiger partial charge in [-0.3, -0.25) is 0 Å². The average molecular weight is 205 g/mol. The lowest BCUT2D eigenvalue weighted by Gasteiger charge is -2.07. The molecule has 0 aliphatic carbocycles. The van der Waals surface area contributed by atoms with Crippen molar-refractivity contribution in [3.8, 4) is 6.07 Å². The van der Waals surface area contributed by atoms with Gasteiger partial charge in [0.2, 0.25) is 0 Å². The van der Waals surface area contributed by atoms with Crippen LogP contribution in [0, 0.1) is 18.3 Å². The largest absolute Gasteiger partial charge is 0.465 e. The number of nitriles is 1. The van der Waals surface area contributed by atoms with Gasteiger partial charge < -0.3 is 9.84 Å². The van der Waals surface area contributed by atoms with Crippen molar-refractivity contribution in [1.29, 1.82) is 5.26 Å². The molecule has 0 atom stereocenters. The molecular formula is C11H11NO3. The highest BCUT2D eigenvalue weighted by Crippen LogP contribution is 2.17. The molecule has 0 heterocycles. The molecule has 0 spiro atoms. The predicted molar refractivity (Wildman–Crippen MR) is 53.2 cm³/mol. The molecule has 4 heteroatoms. The lowest BCUT2D eigenvalue weighted by molar-refractivity contribution is 0.0599. The number of nitrogens with zero attached hydrogens (tertiary/aromatic N) is 1. The first-order valence-electron chi connectivity index (χ1n) is 4.36. The molecule has 1 rings (SSSR count). The summed E-state index contributed by atoms with van der Waals surface area (Å²) in [5, 5.41) is 17.8. The first-order chi connectivity index (χ1) is 7.13. The Morgan fingerprint density at radius 2 is 2.27 bits per heavy atom. The number of aliphatic hydroxyl groups is 1. The van der Waals surface area contributed by atoms with Gasteiger partial charge in [0.05, 0.1) is 24.8 Å². The summed E-state index contributed by atoms with van der Waals surface area (Å²) in [6.07, 6.45) is 0. The van der Waals surface area contributed by atoms with Gasteiger partial charge in [-0.05, 0) is 24.1 Å². The molecule has 1 aromatic carbocycles. The SMILES string of the molecule is COC(=O)c1c(C)cc(CO)cc1C#N. The molecular weight excluding hydrogens is 194 g/mol. The molecule has 15 heavy (non-hydrogen) atoms. The van der Waals surface area contributed by atoms with E-state index in [4.69, 9.17) is 10.4 Å². The molecule has 0 fully saturated rings. The van der Waals surface area contributed by atoms with E-state index in [2.05, 4.69) is 4.74 Å². The Bertz CT molecular complexity index is 432. The van der Waals surface area contributed by atoms with Crippen molar-refractivity contribution in [1.82, 2.24) is 0 Å². The second-order valence-electron chi connectivity index (χ2n) is 3.10. The number of aliphatic hydroxyl groups excluding tert-OH is 1. The smallest absolute Gasteiger partial charge is 0.339 e. The van der Waals surface area contributed by atoms with Crippen molar-refractivity contribution in [2.75, 3.05) is 7.11 Å². The molecule has 1 N–H and O–H groups in total. The Kier molecular flexibility index (Phi) is 3.42. The number of hydrogen-bond acceptors (Lipinski definition) is 4. The van der Waals surface area contributed by atoms with Crippen molar-refractivity contribution in [3.05, 3.63) is 34.4 Å². The average Bonchev–Trinajstić information content (AvgIpc) is 2.26. The fourth-order valence-corrected chi connectivity index (χ4v) is 1.41. The van der Waals surface area contributed by atoms with Crippen LogP contribution in [0.3, 0.4) is 0 Å². The maximum absolute atomic E-state index is 11.4. The highest BCUT2D eigenvalue weighted by atomic mass is 16.5. The van der Waals surface area contributed by atoms with Crippen LogP contribution in [0.25, 0.3) is 0 Å². The van der Waals surface area contributed by atoms with Crippen LogP contribution in [0.4, 0.5) is 0 Å². The van der Waals surface area contributed by atoms with E-state index in [0.717, 1.165) is 0 Å². The van der Waals surface area contributed by atoms with Crippen LogP contribution in [0.5, 0.6) is 0 Å². The third kappa shape index (κ3) is 2.14. The number of carbonyl (C=O) groups excluding carboxylic acids is 1. The van der Waals surface area contributed by atoms with E-state index < -0.39 is 5.97 Å². The van der Waals surface area contributed by atoms with Gasteiger partial charge in [-0.2, -0.15) is 5.26 Å². The molecule has 0 radical (unpaired) electrons. The highest BCUT2D eigenvalue weighted by molar-refractivity contribution is 5.93. The molecule has 4 nitrogen and oxygen atoms in total. The number of carbonyl (C=O) groups is 1. The van der Waals surface area contributed by atoms with Crippen molar-refractivity contribution in [2.24, 2.45) is 0 Å². The van der Waals surface area contributed by atoms with E-state index in [1.807, 2.05) is 6.07 Å². The molecule has 0 aliphatic heterocycles. The van der Waals surface area contributed by atoms with Gasteiger partial charge in [-0.15, -0.1) is 0 Å². The van der Waals surface area contributed by atoms with Crippen LogP contribution in [-0.2, 0) is 11.3 Å². The maximum Gasteiger partial charge on any atom is 0.339 e. The van der Waals surface area contributed by atoms with E-state index in [9.17, 15) is 4.79 Å². The Balaban J connectivity index is 3.39. The van der Waals surface area contributed by atoms with Crippen LogP contribution >= 0.6 is 0 Å². The Hall–Kier alpha value is -1.86. The lowest BCUT2D eigenvalue weighted by atomic mass is 9.99. The minimum absolute atomic E-state index is 0.156. The third-order valence-electron chi connectivity index (χ3n) is 2.09. The summed E-state index contributed by atoms with van der Waals surface area (Å²) in [7, 11) is 1.27. The number of hydrogen-bond donors (Lipinski definition) is 1. The van der Waals surface area contributed by atoms with E-state index in [1.165, 1.54) is 13.2 Å². The molecule has 0 aromatic heterocycles. The number of methoxy groups -OCH3 is 1. The van der Waals surface area contributed by atoms with E-state index in [0.29, 0.717) is 11.1 Å². The zero-order valence-corrected chi connectivity index (χ0v) is 8.57. The monoisotopic (exact) mass is 205 g/mol. The summed E-state index contributed by atoms with van der Waals surface area (Å²) in [6.45, 7) is 1.54. The van der Waals surface area contributed by atoms with Gasteiger partial charge in [0.15, 0.2) is 0 Å². The molecule has 1 aromatic rings. The normalized spacial score (nSPS) is 9.47. The summed E-state index contributed by atoms with van der Waals surface area (Å²) >= 11 is 0. The van der Waals surface area contributed by atoms with Gasteiger partial charge in [0.1, 0.15) is 6.07 Å². The topological polar surface area (TPSA) is 70.3 Å². The fraction of sp³-hybridized carbons (Fsp3) is 0.273. The number of ether oxygens (including phenoxy) is 1. The minimum Gasteiger partial charge on any atom is -0.465 e. The Morgan fingerprint density at radius 3 is 2.73 bits per heavy atom. The quantitative estimate of drug-likeness (QED) is 0.735. The highest BCUT2D eigenvalue weighted by Gasteiger charge is 2.15.